The molecule has 1 nitrogen and oxygen atoms in total. The first-order chi connectivity index (χ1) is 39.7. The molecule has 15 rings (SSSR count). The third-order valence-electron chi connectivity index (χ3n) is 16.7. The van der Waals surface area contributed by atoms with E-state index < -0.39 is 5.41 Å². The number of hydrogen-bond acceptors (Lipinski definition) is 1. The summed E-state index contributed by atoms with van der Waals surface area (Å²) in [6.45, 7) is 0. The van der Waals surface area contributed by atoms with Gasteiger partial charge in [-0.05, 0) is 158 Å². The van der Waals surface area contributed by atoms with Crippen molar-refractivity contribution >= 4 is 49.4 Å². The minimum absolute atomic E-state index is 0.508. The fraction of sp³-hybridized carbons (Fsp3) is 0.0127. The summed E-state index contributed by atoms with van der Waals surface area (Å²) in [5, 5.41) is 7.44. The van der Waals surface area contributed by atoms with Gasteiger partial charge in [-0.2, -0.15) is 0 Å². The summed E-state index contributed by atoms with van der Waals surface area (Å²) in [6, 6.07) is 119. The molecule has 0 saturated heterocycles. The number of nitrogens with zero attached hydrogens (tertiary/aromatic N) is 1. The molecule has 0 heterocycles. The van der Waals surface area contributed by atoms with E-state index in [1.807, 2.05) is 0 Å². The highest BCUT2D eigenvalue weighted by Crippen LogP contribution is 2.58. The first-order valence-electron chi connectivity index (χ1n) is 27.7. The van der Waals surface area contributed by atoms with Gasteiger partial charge in [-0.25, -0.2) is 0 Å². The van der Waals surface area contributed by atoms with Gasteiger partial charge in [0.25, 0.3) is 0 Å². The van der Waals surface area contributed by atoms with Gasteiger partial charge in [-0.3, -0.25) is 0 Å². The van der Waals surface area contributed by atoms with E-state index in [-0.39, 0.29) is 0 Å². The number of fused-ring (bicyclic) bond motifs is 7. The summed E-state index contributed by atoms with van der Waals surface area (Å²) >= 11 is 0. The minimum atomic E-state index is -0.508. The molecule has 1 heteroatoms. The van der Waals surface area contributed by atoms with Crippen molar-refractivity contribution in [1.82, 2.24) is 0 Å². The van der Waals surface area contributed by atoms with Gasteiger partial charge in [0, 0.05) is 16.9 Å². The molecule has 14 aromatic carbocycles. The van der Waals surface area contributed by atoms with Gasteiger partial charge in [-0.15, -0.1) is 0 Å². The Bertz CT molecular complexity index is 4560. The van der Waals surface area contributed by atoms with Gasteiger partial charge >= 0.3 is 0 Å². The van der Waals surface area contributed by atoms with Crippen LogP contribution in [-0.4, -0.2) is 0 Å². The Labute approximate surface area is 467 Å². The predicted molar refractivity (Wildman–Crippen MR) is 338 cm³/mol. The smallest absolute Gasteiger partial charge is 0.0713 e. The Kier molecular flexibility index (Phi) is 11.5. The average molecular weight is 1020 g/mol. The van der Waals surface area contributed by atoms with Crippen LogP contribution in [0.25, 0.3) is 99.1 Å². The van der Waals surface area contributed by atoms with Crippen LogP contribution in [-0.2, 0) is 5.41 Å². The van der Waals surface area contributed by atoms with Gasteiger partial charge < -0.3 is 4.90 Å². The zero-order chi connectivity index (χ0) is 53.0. The van der Waals surface area contributed by atoms with Crippen molar-refractivity contribution in [2.75, 3.05) is 4.90 Å². The highest BCUT2D eigenvalue weighted by molar-refractivity contribution is 6.22. The fourth-order valence-electron chi connectivity index (χ4n) is 13.1. The summed E-state index contributed by atoms with van der Waals surface area (Å²) < 4.78 is 0. The average Bonchev–Trinajstić information content (AvgIpc) is 3.86. The highest BCUT2D eigenvalue weighted by atomic mass is 15.1. The van der Waals surface area contributed by atoms with E-state index in [2.05, 4.69) is 326 Å². The van der Waals surface area contributed by atoms with Crippen molar-refractivity contribution < 1.29 is 0 Å². The van der Waals surface area contributed by atoms with Crippen molar-refractivity contribution in [3.63, 3.8) is 0 Å². The molecule has 0 spiro atoms. The van der Waals surface area contributed by atoms with Gasteiger partial charge in [-0.1, -0.05) is 279 Å². The quantitative estimate of drug-likeness (QED) is 0.123. The molecule has 1 aliphatic carbocycles. The lowest BCUT2D eigenvalue weighted by molar-refractivity contribution is 0.768. The second-order valence-electron chi connectivity index (χ2n) is 21.1. The van der Waals surface area contributed by atoms with Crippen LogP contribution in [0.2, 0.25) is 0 Å². The largest absolute Gasteiger partial charge is 0.310 e. The monoisotopic (exact) mass is 1020 g/mol. The highest BCUT2D eigenvalue weighted by Gasteiger charge is 2.46. The predicted octanol–water partition coefficient (Wildman–Crippen LogP) is 21.3. The Hall–Kier alpha value is -10.3. The fourth-order valence-corrected chi connectivity index (χ4v) is 13.1. The molecule has 0 N–H and O–H groups in total. The van der Waals surface area contributed by atoms with Gasteiger partial charge in [0.05, 0.1) is 11.1 Å². The van der Waals surface area contributed by atoms with Crippen molar-refractivity contribution in [3.05, 3.63) is 344 Å². The van der Waals surface area contributed by atoms with Crippen molar-refractivity contribution in [3.8, 4) is 66.8 Å². The van der Waals surface area contributed by atoms with Crippen LogP contribution in [0.3, 0.4) is 0 Å². The molecular weight excluding hydrogens is 963 g/mol. The van der Waals surface area contributed by atoms with Crippen LogP contribution in [0.15, 0.2) is 322 Å². The van der Waals surface area contributed by atoms with Crippen LogP contribution in [0.1, 0.15) is 22.3 Å². The third kappa shape index (κ3) is 7.77. The van der Waals surface area contributed by atoms with E-state index >= 15 is 0 Å². The first kappa shape index (κ1) is 46.9. The molecule has 0 radical (unpaired) electrons. The zero-order valence-electron chi connectivity index (χ0n) is 44.0. The number of rotatable bonds is 10. The van der Waals surface area contributed by atoms with Gasteiger partial charge in [0.2, 0.25) is 0 Å². The Morgan fingerprint density at radius 3 is 1.36 bits per heavy atom. The van der Waals surface area contributed by atoms with E-state index in [0.29, 0.717) is 0 Å². The lowest BCUT2D eigenvalue weighted by atomic mass is 9.68. The van der Waals surface area contributed by atoms with Crippen LogP contribution in [0, 0.1) is 0 Å². The molecule has 0 saturated carbocycles. The molecule has 1 aliphatic rings. The molecule has 0 amide bonds. The molecule has 0 bridgehead atoms. The second kappa shape index (κ2) is 19.6. The van der Waals surface area contributed by atoms with Gasteiger partial charge in [0.15, 0.2) is 0 Å². The van der Waals surface area contributed by atoms with Gasteiger partial charge in [0.1, 0.15) is 0 Å². The molecule has 374 valence electrons. The Morgan fingerprint density at radius 1 is 0.225 bits per heavy atom. The molecule has 0 aromatic heterocycles. The van der Waals surface area contributed by atoms with Crippen LogP contribution in [0.4, 0.5) is 17.1 Å². The standard InChI is InChI=1S/C79H53N/c1-5-22-58(23-6-1)77-71-34-16-15-32-68(71)69-49-45-62(52-73(69)78(77)59-24-7-2-8-25-59)67-31-18-20-36-76(67)80(65-46-43-56(44-47-65)55-37-39-57(40-38-55)61-42-41-54-21-13-14-26-60(54)51-61)66-48-50-75-72(53-66)70-33-17-19-35-74(70)79(75,63-27-9-3-10-28-63)64-29-11-4-12-30-64/h1-53H. The maximum atomic E-state index is 2.48. The molecule has 0 aliphatic heterocycles. The molecular formula is C79H53N. The van der Waals surface area contributed by atoms with Crippen LogP contribution in [0.5, 0.6) is 0 Å². The summed E-state index contributed by atoms with van der Waals surface area (Å²) in [4.78, 5) is 2.48. The van der Waals surface area contributed by atoms with E-state index in [9.17, 15) is 0 Å². The zero-order valence-corrected chi connectivity index (χ0v) is 44.0. The Morgan fingerprint density at radius 2 is 0.688 bits per heavy atom. The first-order valence-corrected chi connectivity index (χ1v) is 27.7. The molecule has 0 atom stereocenters. The summed E-state index contributed by atoms with van der Waals surface area (Å²) in [5.74, 6) is 0. The molecule has 0 unspecified atom stereocenters. The van der Waals surface area contributed by atoms with Crippen LogP contribution < -0.4 is 4.90 Å². The SMILES string of the molecule is c1ccc(-c2c(-c3ccccc3)c3cc(-c4ccccc4N(c4ccc(-c5ccc(-c6ccc7ccccc7c6)cc5)cc4)c4ccc5c(c4)-c4ccccc4C5(c4ccccc4)c4ccccc4)ccc3c3ccccc23)cc1. The van der Waals surface area contributed by atoms with Crippen LogP contribution >= 0.6 is 0 Å². The lowest BCUT2D eigenvalue weighted by Crippen LogP contribution is -2.28. The topological polar surface area (TPSA) is 3.24 Å². The van der Waals surface area contributed by atoms with Crippen molar-refractivity contribution in [2.24, 2.45) is 0 Å². The minimum Gasteiger partial charge on any atom is -0.310 e. The van der Waals surface area contributed by atoms with Crippen molar-refractivity contribution in [2.45, 2.75) is 5.41 Å². The third-order valence-corrected chi connectivity index (χ3v) is 16.7. The number of benzene rings is 14. The molecule has 80 heavy (non-hydrogen) atoms. The summed E-state index contributed by atoms with van der Waals surface area (Å²) in [6.07, 6.45) is 0. The number of para-hydroxylation sites is 1. The number of anilines is 3. The maximum absolute atomic E-state index is 2.48. The van der Waals surface area contributed by atoms with Crippen molar-refractivity contribution in [1.29, 1.82) is 0 Å². The second-order valence-corrected chi connectivity index (χ2v) is 21.1. The summed E-state index contributed by atoms with van der Waals surface area (Å²) in [7, 11) is 0. The van der Waals surface area contributed by atoms with E-state index in [0.717, 1.165) is 33.8 Å². The lowest BCUT2D eigenvalue weighted by Gasteiger charge is -2.34. The van der Waals surface area contributed by atoms with E-state index in [4.69, 9.17) is 0 Å². The van der Waals surface area contributed by atoms with E-state index in [1.165, 1.54) is 105 Å². The van der Waals surface area contributed by atoms with E-state index in [1.54, 1.807) is 0 Å². The number of hydrogen-bond donors (Lipinski definition) is 0. The normalized spacial score (nSPS) is 12.3. The molecule has 0 fully saturated rings. The summed E-state index contributed by atoms with van der Waals surface area (Å²) in [5.41, 5.74) is 22.2. The maximum Gasteiger partial charge on any atom is 0.0713 e. The molecule has 14 aromatic rings. The Balaban J connectivity index is 0.922.